The molecule has 2 heterocycles. The Labute approximate surface area is 168 Å². The van der Waals surface area contributed by atoms with E-state index in [0.717, 1.165) is 44.9 Å². The van der Waals surface area contributed by atoms with Gasteiger partial charge in [-0.3, -0.25) is 4.79 Å². The van der Waals surface area contributed by atoms with Crippen molar-refractivity contribution in [1.82, 2.24) is 15.3 Å². The van der Waals surface area contributed by atoms with Crippen molar-refractivity contribution in [2.24, 2.45) is 17.8 Å². The summed E-state index contributed by atoms with van der Waals surface area (Å²) in [6.45, 7) is -0.726. The smallest absolute Gasteiger partial charge is 0.282 e. The van der Waals surface area contributed by atoms with Crippen LogP contribution in [0.5, 0.6) is 0 Å². The van der Waals surface area contributed by atoms with Crippen molar-refractivity contribution in [3.63, 3.8) is 0 Å². The Kier molecular flexibility index (Phi) is 3.64. The molecule has 0 spiro atoms. The fourth-order valence-corrected chi connectivity index (χ4v) is 6.48. The van der Waals surface area contributed by atoms with Crippen LogP contribution in [0.2, 0.25) is 0 Å². The molecule has 0 aromatic carbocycles. The summed E-state index contributed by atoms with van der Waals surface area (Å²) in [6.07, 6.45) is 8.09. The number of alkyl halides is 2. The van der Waals surface area contributed by atoms with Crippen molar-refractivity contribution < 1.29 is 18.7 Å². The monoisotopic (exact) mass is 404 g/mol. The van der Waals surface area contributed by atoms with Crippen molar-refractivity contribution in [1.29, 1.82) is 0 Å². The van der Waals surface area contributed by atoms with Crippen LogP contribution in [0, 0.1) is 17.8 Å². The van der Waals surface area contributed by atoms with Crippen LogP contribution in [0.15, 0.2) is 6.20 Å². The van der Waals surface area contributed by atoms with E-state index in [9.17, 15) is 18.7 Å². The standard InChI is InChI=1S/C21H26F2N4O2/c22-21(23)9-27(10-21)19-24-8-15(17(26-19)12-1-2-12)18(28)25-16-13-3-11-4-14(16)7-20(29,5-11)6-13/h8,11-14,16,29H,1-7,9-10H2,(H,25,28). The molecule has 2 unspecified atom stereocenters. The van der Waals surface area contributed by atoms with Gasteiger partial charge in [0, 0.05) is 18.2 Å². The number of aliphatic hydroxyl groups is 1. The number of rotatable bonds is 4. The SMILES string of the molecule is O=C(NC1C2CC3CC1CC(O)(C3)C2)c1cnc(N2CC(F)(F)C2)nc1C1CC1. The minimum absolute atomic E-state index is 0.0973. The van der Waals surface area contributed by atoms with Gasteiger partial charge in [-0.2, -0.15) is 0 Å². The van der Waals surface area contributed by atoms with Gasteiger partial charge in [0.1, 0.15) is 0 Å². The zero-order chi connectivity index (χ0) is 20.0. The highest BCUT2D eigenvalue weighted by atomic mass is 19.3. The van der Waals surface area contributed by atoms with E-state index in [2.05, 4.69) is 15.3 Å². The van der Waals surface area contributed by atoms with E-state index in [4.69, 9.17) is 0 Å². The Morgan fingerprint density at radius 3 is 2.45 bits per heavy atom. The van der Waals surface area contributed by atoms with Crippen molar-refractivity contribution >= 4 is 11.9 Å². The van der Waals surface area contributed by atoms with Gasteiger partial charge < -0.3 is 15.3 Å². The summed E-state index contributed by atoms with van der Waals surface area (Å²) in [7, 11) is 0. The lowest BCUT2D eigenvalue weighted by atomic mass is 9.52. The average molecular weight is 404 g/mol. The highest BCUT2D eigenvalue weighted by molar-refractivity contribution is 5.95. The molecule has 6 aliphatic rings. The molecular formula is C21H26F2N4O2. The highest BCUT2D eigenvalue weighted by Gasteiger charge is 2.55. The first-order chi connectivity index (χ1) is 13.8. The lowest BCUT2D eigenvalue weighted by Gasteiger charge is -2.58. The normalized spacial score (nSPS) is 39.3. The van der Waals surface area contributed by atoms with Gasteiger partial charge in [0.15, 0.2) is 0 Å². The van der Waals surface area contributed by atoms with Crippen LogP contribution in [-0.4, -0.2) is 51.6 Å². The van der Waals surface area contributed by atoms with Gasteiger partial charge in [0.25, 0.3) is 11.8 Å². The molecule has 1 aromatic rings. The van der Waals surface area contributed by atoms with Crippen molar-refractivity contribution in [3.05, 3.63) is 17.5 Å². The lowest BCUT2D eigenvalue weighted by molar-refractivity contribution is -0.136. The molecule has 29 heavy (non-hydrogen) atoms. The fourth-order valence-electron chi connectivity index (χ4n) is 6.48. The molecule has 1 aromatic heterocycles. The summed E-state index contributed by atoms with van der Waals surface area (Å²) in [6, 6.07) is 0.0973. The molecule has 7 rings (SSSR count). The fraction of sp³-hybridized carbons (Fsp3) is 0.762. The summed E-state index contributed by atoms with van der Waals surface area (Å²) in [5, 5.41) is 14.0. The number of halogens is 2. The van der Waals surface area contributed by atoms with Crippen LogP contribution in [0.4, 0.5) is 14.7 Å². The quantitative estimate of drug-likeness (QED) is 0.806. The van der Waals surface area contributed by atoms with E-state index in [1.54, 1.807) is 0 Å². The van der Waals surface area contributed by atoms with Gasteiger partial charge in [-0.15, -0.1) is 0 Å². The molecular weight excluding hydrogens is 378 g/mol. The molecule has 6 fully saturated rings. The highest BCUT2D eigenvalue weighted by Crippen LogP contribution is 2.55. The van der Waals surface area contributed by atoms with Gasteiger partial charge in [-0.25, -0.2) is 18.7 Å². The number of aromatic nitrogens is 2. The summed E-state index contributed by atoms with van der Waals surface area (Å²) in [5.74, 6) is -1.06. The zero-order valence-corrected chi connectivity index (χ0v) is 16.3. The molecule has 1 saturated heterocycles. The van der Waals surface area contributed by atoms with E-state index >= 15 is 0 Å². The summed E-state index contributed by atoms with van der Waals surface area (Å²) >= 11 is 0. The Bertz CT molecular complexity index is 850. The predicted molar refractivity (Wildman–Crippen MR) is 101 cm³/mol. The van der Waals surface area contributed by atoms with E-state index < -0.39 is 11.5 Å². The van der Waals surface area contributed by atoms with Gasteiger partial charge in [-0.05, 0) is 62.7 Å². The first kappa shape index (κ1) is 18.0. The van der Waals surface area contributed by atoms with E-state index in [1.165, 1.54) is 11.1 Å². The topological polar surface area (TPSA) is 78.3 Å². The zero-order valence-electron chi connectivity index (χ0n) is 16.3. The van der Waals surface area contributed by atoms with Gasteiger partial charge in [-0.1, -0.05) is 0 Å². The maximum atomic E-state index is 13.2. The summed E-state index contributed by atoms with van der Waals surface area (Å²) < 4.78 is 26.4. The number of nitrogens with zero attached hydrogens (tertiary/aromatic N) is 3. The predicted octanol–water partition coefficient (Wildman–Crippen LogP) is 2.48. The molecule has 5 saturated carbocycles. The second-order valence-corrected chi connectivity index (χ2v) is 10.1. The Balaban J connectivity index is 1.22. The number of anilines is 1. The van der Waals surface area contributed by atoms with Crippen molar-refractivity contribution in [2.75, 3.05) is 18.0 Å². The summed E-state index contributed by atoms with van der Waals surface area (Å²) in [4.78, 5) is 23.4. The van der Waals surface area contributed by atoms with Gasteiger partial charge in [0.05, 0.1) is 29.9 Å². The number of amides is 1. The average Bonchev–Trinajstić information content (AvgIpc) is 3.46. The second kappa shape index (κ2) is 5.86. The Hall–Kier alpha value is -1.83. The summed E-state index contributed by atoms with van der Waals surface area (Å²) in [5.41, 5.74) is 0.655. The number of nitrogens with one attached hydrogen (secondary N) is 1. The van der Waals surface area contributed by atoms with Crippen LogP contribution in [-0.2, 0) is 0 Å². The number of carbonyl (C=O) groups is 1. The van der Waals surface area contributed by atoms with Crippen LogP contribution in [0.3, 0.4) is 0 Å². The minimum Gasteiger partial charge on any atom is -0.390 e. The molecule has 6 nitrogen and oxygen atoms in total. The number of hydrogen-bond donors (Lipinski definition) is 2. The van der Waals surface area contributed by atoms with Gasteiger partial charge >= 0.3 is 0 Å². The van der Waals surface area contributed by atoms with Crippen molar-refractivity contribution in [3.8, 4) is 0 Å². The number of carbonyl (C=O) groups excluding carboxylic acids is 1. The molecule has 0 radical (unpaired) electrons. The molecule has 156 valence electrons. The molecule has 4 bridgehead atoms. The molecule has 2 atom stereocenters. The largest absolute Gasteiger partial charge is 0.390 e. The van der Waals surface area contributed by atoms with Crippen LogP contribution >= 0.6 is 0 Å². The molecule has 8 heteroatoms. The molecule has 1 aliphatic heterocycles. The van der Waals surface area contributed by atoms with E-state index in [0.29, 0.717) is 35.0 Å². The second-order valence-electron chi connectivity index (χ2n) is 10.1. The lowest BCUT2D eigenvalue weighted by Crippen LogP contribution is -2.61. The van der Waals surface area contributed by atoms with Gasteiger partial charge in [0.2, 0.25) is 5.95 Å². The van der Waals surface area contributed by atoms with Crippen molar-refractivity contribution in [2.45, 2.75) is 68.4 Å². The third-order valence-electron chi connectivity index (χ3n) is 7.68. The Morgan fingerprint density at radius 2 is 1.86 bits per heavy atom. The van der Waals surface area contributed by atoms with Crippen LogP contribution < -0.4 is 10.2 Å². The van der Waals surface area contributed by atoms with E-state index in [-0.39, 0.29) is 31.0 Å². The van der Waals surface area contributed by atoms with E-state index in [1.807, 2.05) is 0 Å². The minimum atomic E-state index is -2.68. The third kappa shape index (κ3) is 3.02. The Morgan fingerprint density at radius 1 is 1.17 bits per heavy atom. The molecule has 5 aliphatic carbocycles. The number of hydrogen-bond acceptors (Lipinski definition) is 5. The molecule has 2 N–H and O–H groups in total. The first-order valence-electron chi connectivity index (χ1n) is 10.8. The first-order valence-corrected chi connectivity index (χ1v) is 10.8. The maximum absolute atomic E-state index is 13.2. The maximum Gasteiger partial charge on any atom is 0.282 e. The third-order valence-corrected chi connectivity index (χ3v) is 7.68. The molecule has 1 amide bonds. The van der Waals surface area contributed by atoms with Crippen LogP contribution in [0.25, 0.3) is 0 Å². The van der Waals surface area contributed by atoms with Crippen LogP contribution in [0.1, 0.15) is 66.9 Å².